The summed E-state index contributed by atoms with van der Waals surface area (Å²) in [4.78, 5) is 28.2. The largest absolute Gasteiger partial charge is 0.507 e. The van der Waals surface area contributed by atoms with Gasteiger partial charge in [0, 0.05) is 11.3 Å². The van der Waals surface area contributed by atoms with Crippen molar-refractivity contribution in [1.82, 2.24) is 0 Å². The Morgan fingerprint density at radius 1 is 0.943 bits per heavy atom. The molecule has 0 aliphatic carbocycles. The fraction of sp³-hybridized carbons (Fsp3) is 0.267. The van der Waals surface area contributed by atoms with E-state index in [2.05, 4.69) is 13.8 Å². The molecular formula is C30H31NO4. The van der Waals surface area contributed by atoms with E-state index < -0.39 is 17.7 Å². The highest BCUT2D eigenvalue weighted by Gasteiger charge is 2.47. The highest BCUT2D eigenvalue weighted by molar-refractivity contribution is 6.51. The first-order valence-electron chi connectivity index (χ1n) is 11.9. The van der Waals surface area contributed by atoms with Gasteiger partial charge in [-0.1, -0.05) is 55.8 Å². The van der Waals surface area contributed by atoms with E-state index >= 15 is 0 Å². The van der Waals surface area contributed by atoms with E-state index in [9.17, 15) is 14.7 Å². The maximum atomic E-state index is 13.4. The minimum Gasteiger partial charge on any atom is -0.507 e. The summed E-state index contributed by atoms with van der Waals surface area (Å²) in [7, 11) is 0. The Kier molecular flexibility index (Phi) is 6.79. The van der Waals surface area contributed by atoms with Crippen molar-refractivity contribution in [3.8, 4) is 5.75 Å². The van der Waals surface area contributed by atoms with Crippen LogP contribution in [0.25, 0.3) is 5.76 Å². The summed E-state index contributed by atoms with van der Waals surface area (Å²) in [6.07, 6.45) is 0. The number of carbonyl (C=O) groups is 2. The fourth-order valence-corrected chi connectivity index (χ4v) is 4.40. The van der Waals surface area contributed by atoms with E-state index in [1.54, 1.807) is 18.2 Å². The van der Waals surface area contributed by atoms with E-state index in [1.807, 2.05) is 69.3 Å². The van der Waals surface area contributed by atoms with Crippen LogP contribution in [0.3, 0.4) is 0 Å². The normalized spacial score (nSPS) is 17.3. The molecule has 1 fully saturated rings. The highest BCUT2D eigenvalue weighted by atomic mass is 16.5. The number of aryl methyl sites for hydroxylation is 3. The van der Waals surface area contributed by atoms with E-state index in [0.29, 0.717) is 23.8 Å². The van der Waals surface area contributed by atoms with Crippen molar-refractivity contribution in [2.24, 2.45) is 5.92 Å². The number of nitrogens with zero attached hydrogens (tertiary/aromatic N) is 1. The van der Waals surface area contributed by atoms with Gasteiger partial charge in [-0.05, 0) is 73.7 Å². The van der Waals surface area contributed by atoms with E-state index in [-0.39, 0.29) is 11.3 Å². The van der Waals surface area contributed by atoms with Gasteiger partial charge in [-0.25, -0.2) is 0 Å². The van der Waals surface area contributed by atoms with Crippen LogP contribution in [0.4, 0.5) is 5.69 Å². The number of ketones is 1. The monoisotopic (exact) mass is 469 g/mol. The van der Waals surface area contributed by atoms with Crippen LogP contribution >= 0.6 is 0 Å². The summed E-state index contributed by atoms with van der Waals surface area (Å²) in [6.45, 7) is 10.5. The molecule has 1 heterocycles. The van der Waals surface area contributed by atoms with Gasteiger partial charge in [-0.2, -0.15) is 0 Å². The smallest absolute Gasteiger partial charge is 0.300 e. The molecule has 1 aliphatic rings. The minimum atomic E-state index is -0.742. The first-order valence-corrected chi connectivity index (χ1v) is 11.9. The molecular weight excluding hydrogens is 438 g/mol. The first-order chi connectivity index (χ1) is 16.7. The van der Waals surface area contributed by atoms with Crippen LogP contribution in [0.2, 0.25) is 0 Å². The lowest BCUT2D eigenvalue weighted by molar-refractivity contribution is -0.132. The lowest BCUT2D eigenvalue weighted by Gasteiger charge is -2.26. The van der Waals surface area contributed by atoms with Gasteiger partial charge in [0.25, 0.3) is 11.7 Å². The van der Waals surface area contributed by atoms with Gasteiger partial charge in [-0.3, -0.25) is 14.5 Å². The van der Waals surface area contributed by atoms with Crippen LogP contribution in [-0.2, 0) is 9.59 Å². The molecule has 3 aromatic carbocycles. The van der Waals surface area contributed by atoms with Crippen molar-refractivity contribution in [3.05, 3.63) is 100 Å². The number of anilines is 1. The molecule has 3 aromatic rings. The molecule has 4 rings (SSSR count). The molecule has 1 atom stereocenters. The summed E-state index contributed by atoms with van der Waals surface area (Å²) in [5.41, 5.74) is 4.75. The molecule has 1 aliphatic heterocycles. The molecule has 0 radical (unpaired) electrons. The number of carbonyl (C=O) groups excluding carboxylic acids is 2. The molecule has 5 heteroatoms. The number of rotatable bonds is 6. The van der Waals surface area contributed by atoms with Gasteiger partial charge in [0.05, 0.1) is 18.2 Å². The van der Waals surface area contributed by atoms with Crippen molar-refractivity contribution in [3.63, 3.8) is 0 Å². The van der Waals surface area contributed by atoms with Crippen LogP contribution in [0.15, 0.2) is 72.3 Å². The average molecular weight is 470 g/mol. The Labute approximate surface area is 206 Å². The van der Waals surface area contributed by atoms with Crippen LogP contribution < -0.4 is 9.64 Å². The van der Waals surface area contributed by atoms with E-state index in [1.165, 1.54) is 4.90 Å². The second-order valence-corrected chi connectivity index (χ2v) is 9.61. The molecule has 1 saturated heterocycles. The van der Waals surface area contributed by atoms with Crippen LogP contribution in [0.1, 0.15) is 47.7 Å². The van der Waals surface area contributed by atoms with Crippen molar-refractivity contribution in [1.29, 1.82) is 0 Å². The topological polar surface area (TPSA) is 66.8 Å². The fourth-order valence-electron chi connectivity index (χ4n) is 4.40. The van der Waals surface area contributed by atoms with Crippen LogP contribution in [0.5, 0.6) is 5.75 Å². The lowest BCUT2D eigenvalue weighted by Crippen LogP contribution is -2.29. The predicted octanol–water partition coefficient (Wildman–Crippen LogP) is 6.27. The molecule has 0 spiro atoms. The predicted molar refractivity (Wildman–Crippen MR) is 139 cm³/mol. The number of aliphatic hydroxyl groups is 1. The second kappa shape index (κ2) is 9.79. The van der Waals surface area contributed by atoms with Crippen molar-refractivity contribution >= 4 is 23.1 Å². The number of hydrogen-bond acceptors (Lipinski definition) is 4. The summed E-state index contributed by atoms with van der Waals surface area (Å²) in [5, 5.41) is 11.4. The molecule has 0 saturated carbocycles. The van der Waals surface area contributed by atoms with Crippen molar-refractivity contribution in [2.45, 2.75) is 40.7 Å². The standard InChI is InChI=1S/C30H31NO4/c1-18(2)17-35-25-13-12-23(16-21(25)5)28(32)26-27(22-10-6-8-19(3)14-22)31(30(34)29(26)33)24-11-7-9-20(4)15-24/h6-16,18,27,32H,17H2,1-5H3/b28-26-. The Morgan fingerprint density at radius 2 is 1.63 bits per heavy atom. The van der Waals surface area contributed by atoms with Crippen LogP contribution in [-0.4, -0.2) is 23.4 Å². The molecule has 0 aromatic heterocycles. The molecule has 1 unspecified atom stereocenters. The third kappa shape index (κ3) is 4.85. The zero-order valence-electron chi connectivity index (χ0n) is 20.8. The van der Waals surface area contributed by atoms with E-state index in [4.69, 9.17) is 4.74 Å². The molecule has 5 nitrogen and oxygen atoms in total. The molecule has 1 N–H and O–H groups in total. The number of hydrogen-bond donors (Lipinski definition) is 1. The maximum Gasteiger partial charge on any atom is 0.300 e. The number of aliphatic hydroxyl groups excluding tert-OH is 1. The third-order valence-electron chi connectivity index (χ3n) is 6.10. The SMILES string of the molecule is Cc1cccc(C2/C(=C(/O)c3ccc(OCC(C)C)c(C)c3)C(=O)C(=O)N2c2cccc(C)c2)c1. The maximum absolute atomic E-state index is 13.4. The van der Waals surface area contributed by atoms with E-state index in [0.717, 1.165) is 28.0 Å². The second-order valence-electron chi connectivity index (χ2n) is 9.61. The van der Waals surface area contributed by atoms with Crippen molar-refractivity contribution in [2.75, 3.05) is 11.5 Å². The van der Waals surface area contributed by atoms with Crippen LogP contribution in [0, 0.1) is 26.7 Å². The van der Waals surface area contributed by atoms with Gasteiger partial charge < -0.3 is 9.84 Å². The highest BCUT2D eigenvalue weighted by Crippen LogP contribution is 2.42. The van der Waals surface area contributed by atoms with Gasteiger partial charge in [0.1, 0.15) is 11.5 Å². The van der Waals surface area contributed by atoms with Gasteiger partial charge in [0.15, 0.2) is 0 Å². The number of benzene rings is 3. The molecule has 1 amide bonds. The Balaban J connectivity index is 1.86. The number of amides is 1. The van der Waals surface area contributed by atoms with Gasteiger partial charge in [0.2, 0.25) is 0 Å². The zero-order valence-corrected chi connectivity index (χ0v) is 20.8. The lowest BCUT2D eigenvalue weighted by atomic mass is 9.93. The molecule has 180 valence electrons. The molecule has 0 bridgehead atoms. The Morgan fingerprint density at radius 3 is 2.26 bits per heavy atom. The van der Waals surface area contributed by atoms with Crippen molar-refractivity contribution < 1.29 is 19.4 Å². The quantitative estimate of drug-likeness (QED) is 0.262. The summed E-state index contributed by atoms with van der Waals surface area (Å²) < 4.78 is 5.86. The van der Waals surface area contributed by atoms with Gasteiger partial charge in [-0.15, -0.1) is 0 Å². The number of Topliss-reactive ketones (excluding diaryl/α,β-unsaturated/α-hetero) is 1. The summed E-state index contributed by atoms with van der Waals surface area (Å²) >= 11 is 0. The summed E-state index contributed by atoms with van der Waals surface area (Å²) in [6, 6.07) is 19.7. The number of ether oxygens (including phenoxy) is 1. The first kappa shape index (κ1) is 24.3. The average Bonchev–Trinajstić information content (AvgIpc) is 3.08. The zero-order chi connectivity index (χ0) is 25.3. The summed E-state index contributed by atoms with van der Waals surface area (Å²) in [5.74, 6) is -0.436. The minimum absolute atomic E-state index is 0.0809. The Hall–Kier alpha value is -3.86. The Bertz CT molecular complexity index is 1320. The van der Waals surface area contributed by atoms with Gasteiger partial charge >= 0.3 is 0 Å². The molecule has 35 heavy (non-hydrogen) atoms. The third-order valence-corrected chi connectivity index (χ3v) is 6.10.